The predicted molar refractivity (Wildman–Crippen MR) is 93.8 cm³/mol. The van der Waals surface area contributed by atoms with Crippen LogP contribution in [0.4, 0.5) is 0 Å². The van der Waals surface area contributed by atoms with Crippen molar-refractivity contribution in [3.05, 3.63) is 58.5 Å². The number of carbonyl (C=O) groups is 1. The van der Waals surface area contributed by atoms with E-state index in [1.807, 2.05) is 49.4 Å². The largest absolute Gasteiger partial charge is 0.454 e. The maximum atomic E-state index is 12.5. The van der Waals surface area contributed by atoms with Crippen molar-refractivity contribution in [3.63, 3.8) is 0 Å². The molecule has 0 fully saturated rings. The lowest BCUT2D eigenvalue weighted by molar-refractivity contribution is 0.0955. The van der Waals surface area contributed by atoms with Crippen LogP contribution in [-0.4, -0.2) is 22.3 Å². The highest BCUT2D eigenvalue weighted by Crippen LogP contribution is 2.32. The van der Waals surface area contributed by atoms with Crippen LogP contribution in [0.15, 0.2) is 42.5 Å². The number of ether oxygens (including phenoxy) is 2. The zero-order valence-corrected chi connectivity index (χ0v) is 14.3. The van der Waals surface area contributed by atoms with Crippen LogP contribution in [0, 0.1) is 6.92 Å². The molecule has 2 aromatic carbocycles. The number of carbonyl (C=O) groups excluding carboxylic acids is 1. The molecule has 3 aromatic rings. The van der Waals surface area contributed by atoms with Gasteiger partial charge in [-0.15, -0.1) is 5.10 Å². The number of aromatic nitrogens is 2. The van der Waals surface area contributed by atoms with Gasteiger partial charge in [-0.2, -0.15) is 0 Å². The Hall–Kier alpha value is -2.93. The molecule has 2 heterocycles. The third kappa shape index (κ3) is 3.18. The van der Waals surface area contributed by atoms with Crippen LogP contribution in [0.3, 0.4) is 0 Å². The van der Waals surface area contributed by atoms with Crippen molar-refractivity contribution in [2.75, 3.05) is 6.79 Å². The summed E-state index contributed by atoms with van der Waals surface area (Å²) in [6.45, 7) is 2.64. The van der Waals surface area contributed by atoms with Gasteiger partial charge in [0.05, 0.1) is 0 Å². The Kier molecular flexibility index (Phi) is 4.07. The van der Waals surface area contributed by atoms with Crippen molar-refractivity contribution in [1.82, 2.24) is 14.9 Å². The maximum Gasteiger partial charge on any atom is 0.265 e. The van der Waals surface area contributed by atoms with Gasteiger partial charge in [0.25, 0.3) is 5.91 Å². The summed E-state index contributed by atoms with van der Waals surface area (Å²) in [4.78, 5) is 13.0. The third-order valence-corrected chi connectivity index (χ3v) is 4.63. The Morgan fingerprint density at radius 1 is 1.16 bits per heavy atom. The molecular weight excluding hydrogens is 338 g/mol. The predicted octanol–water partition coefficient (Wildman–Crippen LogP) is 3.17. The summed E-state index contributed by atoms with van der Waals surface area (Å²) >= 11 is 1.09. The summed E-state index contributed by atoms with van der Waals surface area (Å²) in [5.41, 5.74) is 3.58. The number of amides is 1. The van der Waals surface area contributed by atoms with Gasteiger partial charge in [0, 0.05) is 12.1 Å². The van der Waals surface area contributed by atoms with Crippen LogP contribution >= 0.6 is 11.5 Å². The number of nitrogens with zero attached hydrogens (tertiary/aromatic N) is 2. The molecule has 7 heteroatoms. The molecular formula is C18H15N3O3S. The summed E-state index contributed by atoms with van der Waals surface area (Å²) in [6.07, 6.45) is 0. The van der Waals surface area contributed by atoms with E-state index in [9.17, 15) is 4.79 Å². The molecule has 0 spiro atoms. The van der Waals surface area contributed by atoms with E-state index >= 15 is 0 Å². The third-order valence-electron chi connectivity index (χ3n) is 3.91. The number of benzene rings is 2. The van der Waals surface area contributed by atoms with Gasteiger partial charge in [0.2, 0.25) is 6.79 Å². The lowest BCUT2D eigenvalue weighted by Crippen LogP contribution is -2.22. The fraction of sp³-hybridized carbons (Fsp3) is 0.167. The van der Waals surface area contributed by atoms with Crippen LogP contribution < -0.4 is 14.8 Å². The first-order chi connectivity index (χ1) is 12.2. The minimum Gasteiger partial charge on any atom is -0.454 e. The molecule has 0 atom stereocenters. The number of nitrogens with one attached hydrogen (secondary N) is 1. The van der Waals surface area contributed by atoms with E-state index in [1.54, 1.807) is 0 Å². The molecule has 4 rings (SSSR count). The molecule has 0 saturated carbocycles. The number of fused-ring (bicyclic) bond motifs is 1. The van der Waals surface area contributed by atoms with E-state index in [4.69, 9.17) is 9.47 Å². The zero-order valence-electron chi connectivity index (χ0n) is 13.5. The molecule has 6 nitrogen and oxygen atoms in total. The van der Waals surface area contributed by atoms with E-state index in [2.05, 4.69) is 14.9 Å². The first-order valence-corrected chi connectivity index (χ1v) is 8.54. The normalized spacial score (nSPS) is 12.2. The van der Waals surface area contributed by atoms with Crippen LogP contribution in [0.2, 0.25) is 0 Å². The minimum absolute atomic E-state index is 0.191. The van der Waals surface area contributed by atoms with Crippen LogP contribution in [0.5, 0.6) is 11.5 Å². The van der Waals surface area contributed by atoms with Crippen LogP contribution in [0.1, 0.15) is 20.8 Å². The van der Waals surface area contributed by atoms with E-state index < -0.39 is 0 Å². The second-order valence-corrected chi connectivity index (χ2v) is 6.44. The summed E-state index contributed by atoms with van der Waals surface area (Å²) in [5.74, 6) is 1.23. The summed E-state index contributed by atoms with van der Waals surface area (Å²) in [5, 5.41) is 7.02. The number of rotatable bonds is 4. The zero-order chi connectivity index (χ0) is 17.2. The second-order valence-electron chi connectivity index (χ2n) is 5.69. The molecule has 126 valence electrons. The van der Waals surface area contributed by atoms with Crippen molar-refractivity contribution in [2.24, 2.45) is 0 Å². The SMILES string of the molecule is Cc1ccc(-c2nnsc2C(=O)NCc2ccc3c(c2)OCO3)cc1. The molecule has 0 unspecified atom stereocenters. The standard InChI is InChI=1S/C18H15N3O3S/c1-11-2-5-13(6-3-11)16-17(25-21-20-16)18(22)19-9-12-4-7-14-15(8-12)24-10-23-14/h2-8H,9-10H2,1H3,(H,19,22). The Bertz CT molecular complexity index is 922. The fourth-order valence-electron chi connectivity index (χ4n) is 2.55. The van der Waals surface area contributed by atoms with Gasteiger partial charge in [-0.05, 0) is 36.2 Å². The summed E-state index contributed by atoms with van der Waals surface area (Å²) in [6, 6.07) is 13.5. The van der Waals surface area contributed by atoms with Crippen molar-refractivity contribution >= 4 is 17.4 Å². The fourth-order valence-corrected chi connectivity index (χ4v) is 3.16. The van der Waals surface area contributed by atoms with Crippen LogP contribution in [0.25, 0.3) is 11.3 Å². The van der Waals surface area contributed by atoms with Gasteiger partial charge in [0.15, 0.2) is 11.5 Å². The minimum atomic E-state index is -0.191. The van der Waals surface area contributed by atoms with Gasteiger partial charge < -0.3 is 14.8 Å². The second kappa shape index (κ2) is 6.52. The van der Waals surface area contributed by atoms with E-state index in [0.29, 0.717) is 22.9 Å². The molecule has 1 amide bonds. The highest BCUT2D eigenvalue weighted by molar-refractivity contribution is 7.08. The van der Waals surface area contributed by atoms with Gasteiger partial charge in [-0.3, -0.25) is 4.79 Å². The first kappa shape index (κ1) is 15.6. The quantitative estimate of drug-likeness (QED) is 0.780. The Labute approximate surface area is 148 Å². The van der Waals surface area contributed by atoms with Gasteiger partial charge in [-0.25, -0.2) is 0 Å². The molecule has 25 heavy (non-hydrogen) atoms. The molecule has 0 aliphatic carbocycles. The molecule has 1 aliphatic rings. The van der Waals surface area contributed by atoms with Crippen molar-refractivity contribution in [2.45, 2.75) is 13.5 Å². The van der Waals surface area contributed by atoms with Gasteiger partial charge in [0.1, 0.15) is 10.6 Å². The monoisotopic (exact) mass is 353 g/mol. The average molecular weight is 353 g/mol. The van der Waals surface area contributed by atoms with Crippen molar-refractivity contribution in [1.29, 1.82) is 0 Å². The molecule has 1 aliphatic heterocycles. The first-order valence-electron chi connectivity index (χ1n) is 7.77. The van der Waals surface area contributed by atoms with E-state index in [0.717, 1.165) is 34.0 Å². The molecule has 0 radical (unpaired) electrons. The smallest absolute Gasteiger partial charge is 0.265 e. The Morgan fingerprint density at radius 3 is 2.80 bits per heavy atom. The molecule has 1 aromatic heterocycles. The molecule has 0 bridgehead atoms. The van der Waals surface area contributed by atoms with Gasteiger partial charge >= 0.3 is 0 Å². The Balaban J connectivity index is 1.49. The average Bonchev–Trinajstić information content (AvgIpc) is 3.29. The lowest BCUT2D eigenvalue weighted by Gasteiger charge is -2.06. The van der Waals surface area contributed by atoms with E-state index in [-0.39, 0.29) is 12.7 Å². The molecule has 0 saturated heterocycles. The highest BCUT2D eigenvalue weighted by Gasteiger charge is 2.18. The van der Waals surface area contributed by atoms with Crippen molar-refractivity contribution in [3.8, 4) is 22.8 Å². The number of hydrogen-bond donors (Lipinski definition) is 1. The highest BCUT2D eigenvalue weighted by atomic mass is 32.1. The van der Waals surface area contributed by atoms with E-state index in [1.165, 1.54) is 0 Å². The van der Waals surface area contributed by atoms with Crippen molar-refractivity contribution < 1.29 is 14.3 Å². The lowest BCUT2D eigenvalue weighted by atomic mass is 10.1. The number of hydrogen-bond acceptors (Lipinski definition) is 6. The summed E-state index contributed by atoms with van der Waals surface area (Å²) < 4.78 is 14.6. The topological polar surface area (TPSA) is 73.3 Å². The maximum absolute atomic E-state index is 12.5. The summed E-state index contributed by atoms with van der Waals surface area (Å²) in [7, 11) is 0. The molecule has 1 N–H and O–H groups in total. The van der Waals surface area contributed by atoms with Gasteiger partial charge in [-0.1, -0.05) is 40.4 Å². The number of aryl methyl sites for hydroxylation is 1. The Morgan fingerprint density at radius 2 is 1.96 bits per heavy atom. The van der Waals surface area contributed by atoms with Crippen LogP contribution in [-0.2, 0) is 6.54 Å².